The molecule has 1 atom stereocenters. The van der Waals surface area contributed by atoms with Crippen molar-refractivity contribution in [2.45, 2.75) is 46.0 Å². The lowest BCUT2D eigenvalue weighted by atomic mass is 9.82. The predicted molar refractivity (Wildman–Crippen MR) is 108 cm³/mol. The molecule has 0 aromatic heterocycles. The molecule has 26 heavy (non-hydrogen) atoms. The number of aliphatic hydroxyl groups excluding tert-OH is 1. The fourth-order valence-corrected chi connectivity index (χ4v) is 3.62. The molecule has 0 amide bonds. The van der Waals surface area contributed by atoms with Crippen LogP contribution in [-0.4, -0.2) is 50.5 Å². The zero-order chi connectivity index (χ0) is 19.0. The topological polar surface area (TPSA) is 65.9 Å². The van der Waals surface area contributed by atoms with Gasteiger partial charge in [0, 0.05) is 37.1 Å². The van der Waals surface area contributed by atoms with E-state index in [9.17, 15) is 5.11 Å². The molecule has 1 heterocycles. The van der Waals surface area contributed by atoms with Crippen LogP contribution >= 0.6 is 0 Å². The van der Waals surface area contributed by atoms with Crippen LogP contribution in [0.4, 0.5) is 0 Å². The third-order valence-electron chi connectivity index (χ3n) is 5.31. The Morgan fingerprint density at radius 2 is 2.08 bits per heavy atom. The van der Waals surface area contributed by atoms with Crippen LogP contribution in [0.2, 0.25) is 0 Å². The summed E-state index contributed by atoms with van der Waals surface area (Å²) in [7, 11) is 0. The van der Waals surface area contributed by atoms with Gasteiger partial charge in [0.25, 0.3) is 0 Å². The average molecular weight is 362 g/mol. The van der Waals surface area contributed by atoms with Crippen LogP contribution in [0.25, 0.3) is 0 Å². The van der Waals surface area contributed by atoms with Gasteiger partial charge in [-0.3, -0.25) is 4.99 Å². The second-order valence-electron chi connectivity index (χ2n) is 8.02. The van der Waals surface area contributed by atoms with E-state index in [1.54, 1.807) is 0 Å². The molecule has 1 aliphatic heterocycles. The summed E-state index contributed by atoms with van der Waals surface area (Å²) in [5, 5.41) is 16.2. The second kappa shape index (κ2) is 9.38. The van der Waals surface area contributed by atoms with Crippen molar-refractivity contribution in [3.8, 4) is 0 Å². The smallest absolute Gasteiger partial charge is 0.191 e. The first kappa shape index (κ1) is 20.7. The maximum atomic E-state index is 9.39. The largest absolute Gasteiger partial charge is 0.396 e. The summed E-state index contributed by atoms with van der Waals surface area (Å²) in [6.07, 6.45) is 1.74. The summed E-state index contributed by atoms with van der Waals surface area (Å²) in [6, 6.07) is 8.52. The summed E-state index contributed by atoms with van der Waals surface area (Å²) in [5.41, 5.74) is 2.61. The number of hydrogen-bond acceptors (Lipinski definition) is 3. The van der Waals surface area contributed by atoms with Gasteiger partial charge in [0.2, 0.25) is 0 Å². The van der Waals surface area contributed by atoms with E-state index >= 15 is 0 Å². The first-order valence-electron chi connectivity index (χ1n) is 9.69. The van der Waals surface area contributed by atoms with Crippen molar-refractivity contribution in [3.05, 3.63) is 35.4 Å². The normalized spacial score (nSPS) is 21.0. The molecular formula is C21H35N3O2. The van der Waals surface area contributed by atoms with Crippen molar-refractivity contribution in [2.24, 2.45) is 10.4 Å². The van der Waals surface area contributed by atoms with Gasteiger partial charge >= 0.3 is 0 Å². The number of nitrogens with zero attached hydrogens (tertiary/aromatic N) is 1. The van der Waals surface area contributed by atoms with Gasteiger partial charge in [-0.2, -0.15) is 0 Å². The molecule has 1 saturated heterocycles. The Hall–Kier alpha value is -1.59. The van der Waals surface area contributed by atoms with Crippen LogP contribution in [0.1, 0.15) is 44.7 Å². The van der Waals surface area contributed by atoms with E-state index in [2.05, 4.69) is 62.6 Å². The highest BCUT2D eigenvalue weighted by atomic mass is 16.5. The molecule has 5 heteroatoms. The summed E-state index contributed by atoms with van der Waals surface area (Å²) in [6.45, 7) is 12.7. The van der Waals surface area contributed by atoms with Crippen LogP contribution in [-0.2, 0) is 10.2 Å². The van der Waals surface area contributed by atoms with E-state index in [4.69, 9.17) is 9.73 Å². The zero-order valence-electron chi connectivity index (χ0n) is 16.8. The van der Waals surface area contributed by atoms with Crippen LogP contribution in [0, 0.1) is 12.3 Å². The lowest BCUT2D eigenvalue weighted by molar-refractivity contribution is 0.127. The summed E-state index contributed by atoms with van der Waals surface area (Å²) >= 11 is 0. The van der Waals surface area contributed by atoms with Crippen molar-refractivity contribution in [3.63, 3.8) is 0 Å². The fraction of sp³-hybridized carbons (Fsp3) is 0.667. The summed E-state index contributed by atoms with van der Waals surface area (Å²) < 4.78 is 5.58. The van der Waals surface area contributed by atoms with E-state index in [1.165, 1.54) is 11.1 Å². The van der Waals surface area contributed by atoms with E-state index in [0.717, 1.165) is 38.5 Å². The molecule has 0 radical (unpaired) electrons. The first-order valence-corrected chi connectivity index (χ1v) is 9.69. The molecule has 5 nitrogen and oxygen atoms in total. The van der Waals surface area contributed by atoms with Crippen molar-refractivity contribution >= 4 is 5.96 Å². The number of benzene rings is 1. The number of ether oxygens (including phenoxy) is 1. The lowest BCUT2D eigenvalue weighted by Crippen LogP contribution is -2.45. The van der Waals surface area contributed by atoms with Gasteiger partial charge in [-0.1, -0.05) is 38.1 Å². The Morgan fingerprint density at radius 1 is 1.31 bits per heavy atom. The molecule has 0 saturated carbocycles. The highest BCUT2D eigenvalue weighted by molar-refractivity contribution is 5.79. The standard InChI is InChI=1S/C21H35N3O2/c1-5-22-19(24-15-21(10-12-25)11-13-26-16-21)23-14-20(3,4)18-9-7-6-8-17(18)2/h6-9,25H,5,10-16H2,1-4H3,(H2,22,23,24). The Balaban J connectivity index is 2.05. The summed E-state index contributed by atoms with van der Waals surface area (Å²) in [5.74, 6) is 0.832. The van der Waals surface area contributed by atoms with Gasteiger partial charge < -0.3 is 20.5 Å². The summed E-state index contributed by atoms with van der Waals surface area (Å²) in [4.78, 5) is 4.85. The van der Waals surface area contributed by atoms with Crippen LogP contribution in [0.15, 0.2) is 29.3 Å². The molecule has 0 bridgehead atoms. The van der Waals surface area contributed by atoms with E-state index < -0.39 is 0 Å². The quantitative estimate of drug-likeness (QED) is 0.492. The number of aliphatic hydroxyl groups is 1. The Bertz CT molecular complexity index is 593. The molecule has 3 N–H and O–H groups in total. The maximum absolute atomic E-state index is 9.39. The number of aryl methyl sites for hydroxylation is 1. The van der Waals surface area contributed by atoms with E-state index in [-0.39, 0.29) is 17.4 Å². The van der Waals surface area contributed by atoms with E-state index in [1.807, 2.05) is 0 Å². The molecule has 1 aliphatic rings. The number of nitrogens with one attached hydrogen (secondary N) is 2. The van der Waals surface area contributed by atoms with Crippen molar-refractivity contribution in [1.29, 1.82) is 0 Å². The van der Waals surface area contributed by atoms with Gasteiger partial charge in [-0.15, -0.1) is 0 Å². The van der Waals surface area contributed by atoms with E-state index in [0.29, 0.717) is 13.2 Å². The minimum absolute atomic E-state index is 0.0104. The molecule has 0 aliphatic carbocycles. The number of rotatable bonds is 8. The minimum Gasteiger partial charge on any atom is -0.396 e. The maximum Gasteiger partial charge on any atom is 0.191 e. The van der Waals surface area contributed by atoms with Gasteiger partial charge in [-0.05, 0) is 37.8 Å². The van der Waals surface area contributed by atoms with Gasteiger partial charge in [0.05, 0.1) is 13.2 Å². The third kappa shape index (κ3) is 5.45. The fourth-order valence-electron chi connectivity index (χ4n) is 3.62. The Labute approximate surface area is 158 Å². The highest BCUT2D eigenvalue weighted by Crippen LogP contribution is 2.31. The van der Waals surface area contributed by atoms with Crippen LogP contribution < -0.4 is 10.6 Å². The molecule has 1 fully saturated rings. The van der Waals surface area contributed by atoms with Crippen molar-refractivity contribution in [1.82, 2.24) is 10.6 Å². The van der Waals surface area contributed by atoms with Gasteiger partial charge in [0.15, 0.2) is 5.96 Å². The minimum atomic E-state index is -0.0348. The number of hydrogen-bond donors (Lipinski definition) is 3. The molecule has 1 aromatic rings. The molecule has 1 unspecified atom stereocenters. The SMILES string of the molecule is CCNC(=NCC(C)(C)c1ccccc1C)NCC1(CCO)CCOC1. The number of guanidine groups is 1. The zero-order valence-corrected chi connectivity index (χ0v) is 16.8. The Morgan fingerprint density at radius 3 is 2.69 bits per heavy atom. The third-order valence-corrected chi connectivity index (χ3v) is 5.31. The molecular weight excluding hydrogens is 326 g/mol. The van der Waals surface area contributed by atoms with Gasteiger partial charge in [0.1, 0.15) is 0 Å². The highest BCUT2D eigenvalue weighted by Gasteiger charge is 2.34. The average Bonchev–Trinajstić information content (AvgIpc) is 3.07. The van der Waals surface area contributed by atoms with Crippen molar-refractivity contribution in [2.75, 3.05) is 39.5 Å². The monoisotopic (exact) mass is 361 g/mol. The van der Waals surface area contributed by atoms with Crippen molar-refractivity contribution < 1.29 is 9.84 Å². The first-order chi connectivity index (χ1) is 12.4. The van der Waals surface area contributed by atoms with Gasteiger partial charge in [-0.25, -0.2) is 0 Å². The molecule has 2 rings (SSSR count). The van der Waals surface area contributed by atoms with Crippen LogP contribution in [0.3, 0.4) is 0 Å². The lowest BCUT2D eigenvalue weighted by Gasteiger charge is -2.29. The molecule has 1 aromatic carbocycles. The molecule has 146 valence electrons. The second-order valence-corrected chi connectivity index (χ2v) is 8.02. The Kier molecular flexibility index (Phi) is 7.47. The molecule has 0 spiro atoms. The number of aliphatic imine (C=N–C) groups is 1. The predicted octanol–water partition coefficient (Wildman–Crippen LogP) is 2.62. The van der Waals surface area contributed by atoms with Crippen LogP contribution in [0.5, 0.6) is 0 Å².